The molecule has 7 nitrogen and oxygen atoms in total. The van der Waals surface area contributed by atoms with Crippen molar-refractivity contribution in [2.24, 2.45) is 0 Å². The molecule has 0 aliphatic carbocycles. The van der Waals surface area contributed by atoms with Gasteiger partial charge in [0.05, 0.1) is 17.6 Å². The summed E-state index contributed by atoms with van der Waals surface area (Å²) in [6.45, 7) is 6.24. The Morgan fingerprint density at radius 2 is 2.04 bits per heavy atom. The Bertz CT molecular complexity index is 845. The van der Waals surface area contributed by atoms with Gasteiger partial charge in [-0.05, 0) is 18.8 Å². The molecule has 1 fully saturated rings. The summed E-state index contributed by atoms with van der Waals surface area (Å²) in [6, 6.07) is 2.48. The number of fused-ring (bicyclic) bond motifs is 1. The monoisotopic (exact) mass is 345 g/mol. The molecule has 0 spiro atoms. The number of rotatable bonds is 3. The molecule has 0 amide bonds. The first-order valence-electron chi connectivity index (χ1n) is 8.27. The maximum absolute atomic E-state index is 6.12. The quantitative estimate of drug-likeness (QED) is 0.738. The van der Waals surface area contributed by atoms with E-state index in [2.05, 4.69) is 50.1 Å². The largest absolute Gasteiger partial charge is 0.355 e. The van der Waals surface area contributed by atoms with E-state index >= 15 is 0 Å². The lowest BCUT2D eigenvalue weighted by Gasteiger charge is -2.32. The van der Waals surface area contributed by atoms with Gasteiger partial charge in [-0.3, -0.25) is 5.10 Å². The zero-order valence-corrected chi connectivity index (χ0v) is 14.5. The Morgan fingerprint density at radius 3 is 2.75 bits per heavy atom. The third-order valence-corrected chi connectivity index (χ3v) is 4.98. The van der Waals surface area contributed by atoms with Gasteiger partial charge in [0.2, 0.25) is 0 Å². The van der Waals surface area contributed by atoms with Gasteiger partial charge in [0, 0.05) is 24.8 Å². The van der Waals surface area contributed by atoms with Crippen LogP contribution in [0.5, 0.6) is 0 Å². The van der Waals surface area contributed by atoms with E-state index in [9.17, 15) is 0 Å². The lowest BCUT2D eigenvalue weighted by Crippen LogP contribution is -2.35. The Labute approximate surface area is 145 Å². The van der Waals surface area contributed by atoms with E-state index in [0.717, 1.165) is 42.8 Å². The molecule has 3 aromatic heterocycles. The number of anilines is 1. The summed E-state index contributed by atoms with van der Waals surface area (Å²) in [7, 11) is 0. The van der Waals surface area contributed by atoms with E-state index in [-0.39, 0.29) is 0 Å². The fraction of sp³-hybridized carbons (Fsp3) is 0.500. The van der Waals surface area contributed by atoms with E-state index in [1.54, 1.807) is 6.20 Å². The summed E-state index contributed by atoms with van der Waals surface area (Å²) in [5.74, 6) is 1.50. The van der Waals surface area contributed by atoms with E-state index in [1.165, 1.54) is 12.0 Å². The van der Waals surface area contributed by atoms with Gasteiger partial charge in [-0.25, -0.2) is 14.6 Å². The molecular weight excluding hydrogens is 326 g/mol. The van der Waals surface area contributed by atoms with Gasteiger partial charge in [0.25, 0.3) is 0 Å². The van der Waals surface area contributed by atoms with Crippen LogP contribution >= 0.6 is 11.6 Å². The van der Waals surface area contributed by atoms with Crippen LogP contribution in [0, 0.1) is 0 Å². The van der Waals surface area contributed by atoms with Crippen LogP contribution in [0.4, 0.5) is 5.82 Å². The summed E-state index contributed by atoms with van der Waals surface area (Å²) in [6.07, 6.45) is 5.26. The van der Waals surface area contributed by atoms with Crippen molar-refractivity contribution in [2.45, 2.75) is 38.6 Å². The van der Waals surface area contributed by atoms with E-state index in [0.29, 0.717) is 17.1 Å². The number of hydrogen-bond donors (Lipinski definition) is 1. The lowest BCUT2D eigenvalue weighted by molar-refractivity contribution is 0.373. The second kappa shape index (κ2) is 6.05. The first-order chi connectivity index (χ1) is 11.6. The topological polar surface area (TPSA) is 75.5 Å². The molecule has 0 aromatic carbocycles. The molecule has 1 saturated heterocycles. The SMILES string of the molecule is CC(C)c1cc(N2CCC(n3ncc4c(Cl)ncnc43)CC2)n[nH]1. The van der Waals surface area contributed by atoms with Crippen LogP contribution in [0.15, 0.2) is 18.6 Å². The van der Waals surface area contributed by atoms with E-state index in [4.69, 9.17) is 11.6 Å². The van der Waals surface area contributed by atoms with Crippen LogP contribution in [-0.2, 0) is 0 Å². The van der Waals surface area contributed by atoms with E-state index < -0.39 is 0 Å². The highest BCUT2D eigenvalue weighted by molar-refractivity contribution is 6.33. The van der Waals surface area contributed by atoms with Crippen molar-refractivity contribution in [2.75, 3.05) is 18.0 Å². The molecule has 1 N–H and O–H groups in total. The smallest absolute Gasteiger partial charge is 0.162 e. The fourth-order valence-electron chi connectivity index (χ4n) is 3.22. The second-order valence-corrected chi connectivity index (χ2v) is 6.90. The molecule has 0 radical (unpaired) electrons. The van der Waals surface area contributed by atoms with Crippen LogP contribution in [0.3, 0.4) is 0 Å². The fourth-order valence-corrected chi connectivity index (χ4v) is 3.40. The predicted octanol–water partition coefficient (Wildman–Crippen LogP) is 3.17. The Kier molecular flexibility index (Phi) is 3.88. The van der Waals surface area contributed by atoms with Crippen LogP contribution in [0.2, 0.25) is 5.15 Å². The molecule has 3 aromatic rings. The zero-order chi connectivity index (χ0) is 16.7. The van der Waals surface area contributed by atoms with Crippen molar-refractivity contribution >= 4 is 28.5 Å². The molecule has 0 bridgehead atoms. The number of nitrogens with zero attached hydrogens (tertiary/aromatic N) is 6. The molecule has 4 rings (SSSR count). The van der Waals surface area contributed by atoms with Gasteiger partial charge in [-0.1, -0.05) is 25.4 Å². The maximum Gasteiger partial charge on any atom is 0.162 e. The Balaban J connectivity index is 1.50. The van der Waals surface area contributed by atoms with Gasteiger partial charge in [0.1, 0.15) is 11.5 Å². The Morgan fingerprint density at radius 1 is 1.25 bits per heavy atom. The number of aromatic amines is 1. The van der Waals surface area contributed by atoms with E-state index in [1.807, 2.05) is 4.68 Å². The minimum atomic E-state index is 0.327. The average Bonchev–Trinajstić information content (AvgIpc) is 3.23. The second-order valence-electron chi connectivity index (χ2n) is 6.55. The number of nitrogens with one attached hydrogen (secondary N) is 1. The molecule has 24 heavy (non-hydrogen) atoms. The van der Waals surface area contributed by atoms with Crippen LogP contribution in [0.1, 0.15) is 44.3 Å². The molecule has 8 heteroatoms. The number of hydrogen-bond acceptors (Lipinski definition) is 5. The highest BCUT2D eigenvalue weighted by Crippen LogP contribution is 2.29. The summed E-state index contributed by atoms with van der Waals surface area (Å²) >= 11 is 6.12. The number of H-pyrrole nitrogens is 1. The average molecular weight is 346 g/mol. The molecule has 0 saturated carbocycles. The predicted molar refractivity (Wildman–Crippen MR) is 93.5 cm³/mol. The molecule has 0 unspecified atom stereocenters. The standard InChI is InChI=1S/C16H20ClN7/c1-10(2)13-7-14(22-21-13)23-5-3-11(4-6-23)24-16-12(8-20-24)15(17)18-9-19-16/h7-11H,3-6H2,1-2H3,(H,21,22). The zero-order valence-electron chi connectivity index (χ0n) is 13.8. The van der Waals surface area contributed by atoms with Crippen molar-refractivity contribution in [1.29, 1.82) is 0 Å². The summed E-state index contributed by atoms with van der Waals surface area (Å²) < 4.78 is 1.99. The third kappa shape index (κ3) is 2.62. The van der Waals surface area contributed by atoms with Crippen LogP contribution < -0.4 is 4.90 Å². The summed E-state index contributed by atoms with van der Waals surface area (Å²) in [5.41, 5.74) is 1.99. The minimum Gasteiger partial charge on any atom is -0.355 e. The number of aromatic nitrogens is 6. The third-order valence-electron chi connectivity index (χ3n) is 4.68. The molecule has 126 valence electrons. The lowest BCUT2D eigenvalue weighted by atomic mass is 10.1. The van der Waals surface area contributed by atoms with Gasteiger partial charge < -0.3 is 4.90 Å². The van der Waals surface area contributed by atoms with Gasteiger partial charge in [-0.2, -0.15) is 10.2 Å². The highest BCUT2D eigenvalue weighted by atomic mass is 35.5. The molecule has 1 aliphatic rings. The number of piperidine rings is 1. The first-order valence-corrected chi connectivity index (χ1v) is 8.65. The highest BCUT2D eigenvalue weighted by Gasteiger charge is 2.24. The van der Waals surface area contributed by atoms with Crippen LogP contribution in [0.25, 0.3) is 11.0 Å². The number of halogens is 1. The van der Waals surface area contributed by atoms with Crippen molar-refractivity contribution in [3.8, 4) is 0 Å². The van der Waals surface area contributed by atoms with Crippen molar-refractivity contribution < 1.29 is 0 Å². The summed E-state index contributed by atoms with van der Waals surface area (Å²) in [4.78, 5) is 10.7. The van der Waals surface area contributed by atoms with Crippen LogP contribution in [-0.4, -0.2) is 43.0 Å². The first kappa shape index (κ1) is 15.4. The minimum absolute atomic E-state index is 0.327. The normalized spacial score (nSPS) is 16.4. The molecule has 0 atom stereocenters. The molecule has 4 heterocycles. The van der Waals surface area contributed by atoms with Gasteiger partial charge in [-0.15, -0.1) is 0 Å². The molecular formula is C16H20ClN7. The summed E-state index contributed by atoms with van der Waals surface area (Å²) in [5, 5.41) is 13.4. The maximum atomic E-state index is 6.12. The van der Waals surface area contributed by atoms with Crippen molar-refractivity contribution in [1.82, 2.24) is 29.9 Å². The van der Waals surface area contributed by atoms with Crippen molar-refractivity contribution in [3.05, 3.63) is 29.4 Å². The Hall–Kier alpha value is -2.15. The molecule has 1 aliphatic heterocycles. The van der Waals surface area contributed by atoms with Gasteiger partial charge >= 0.3 is 0 Å². The van der Waals surface area contributed by atoms with Gasteiger partial charge in [0.15, 0.2) is 11.5 Å². The van der Waals surface area contributed by atoms with Crippen molar-refractivity contribution in [3.63, 3.8) is 0 Å².